The first-order valence-electron chi connectivity index (χ1n) is 11.4. The summed E-state index contributed by atoms with van der Waals surface area (Å²) in [5.74, 6) is -1.12. The molecule has 0 radical (unpaired) electrons. The molecule has 0 saturated heterocycles. The van der Waals surface area contributed by atoms with Crippen LogP contribution in [0.1, 0.15) is 90.9 Å². The summed E-state index contributed by atoms with van der Waals surface area (Å²) in [6.07, 6.45) is 8.03. The minimum Gasteiger partial charge on any atom is -0.790 e. The largest absolute Gasteiger partial charge is 1.00 e. The predicted octanol–water partition coefficient (Wildman–Crippen LogP) is -3.87. The molecule has 1 N–H and O–H groups in total. The Bertz CT molecular complexity index is 591. The van der Waals surface area contributed by atoms with E-state index in [1.807, 2.05) is 0 Å². The van der Waals surface area contributed by atoms with Crippen LogP contribution >= 0.6 is 7.82 Å². The fourth-order valence-corrected chi connectivity index (χ4v) is 3.20. The van der Waals surface area contributed by atoms with Gasteiger partial charge in [0.05, 0.1) is 14.4 Å². The fraction of sp³-hybridized carbons (Fsp3) is 0.857. The van der Waals surface area contributed by atoms with Gasteiger partial charge in [0.15, 0.2) is 6.10 Å². The predicted molar refractivity (Wildman–Crippen MR) is 114 cm³/mol. The van der Waals surface area contributed by atoms with E-state index in [0.717, 1.165) is 51.4 Å². The maximum Gasteiger partial charge on any atom is 1.00 e. The smallest absolute Gasteiger partial charge is 0.790 e. The van der Waals surface area contributed by atoms with Crippen LogP contribution < -0.4 is 74.2 Å². The number of esters is 2. The molecule has 0 fully saturated rings. The molecule has 0 unspecified atom stereocenters. The van der Waals surface area contributed by atoms with Crippen molar-refractivity contribution in [3.05, 3.63) is 0 Å². The second-order valence-corrected chi connectivity index (χ2v) is 8.86. The van der Waals surface area contributed by atoms with Gasteiger partial charge >= 0.3 is 71.1 Å². The molecular formula is C21H38NNa2O9P. The Morgan fingerprint density at radius 3 is 1.91 bits per heavy atom. The summed E-state index contributed by atoms with van der Waals surface area (Å²) < 4.78 is 25.1. The molecule has 0 heterocycles. The van der Waals surface area contributed by atoms with Crippen molar-refractivity contribution < 1.29 is 102 Å². The van der Waals surface area contributed by atoms with E-state index in [9.17, 15) is 28.7 Å². The summed E-state index contributed by atoms with van der Waals surface area (Å²) in [5, 5.41) is 2.72. The van der Waals surface area contributed by atoms with E-state index in [1.165, 1.54) is 6.92 Å². The third-order valence-electron chi connectivity index (χ3n) is 4.56. The average molecular weight is 525 g/mol. The van der Waals surface area contributed by atoms with Crippen molar-refractivity contribution in [2.75, 3.05) is 19.8 Å². The summed E-state index contributed by atoms with van der Waals surface area (Å²) in [6.45, 7) is 3.13. The molecule has 10 nitrogen and oxygen atoms in total. The van der Waals surface area contributed by atoms with Crippen molar-refractivity contribution in [3.63, 3.8) is 0 Å². The molecule has 0 spiro atoms. The summed E-state index contributed by atoms with van der Waals surface area (Å²) in [4.78, 5) is 56.0. The number of nitrogens with one attached hydrogen (secondary N) is 1. The summed E-state index contributed by atoms with van der Waals surface area (Å²) in [6, 6.07) is 0. The van der Waals surface area contributed by atoms with Crippen LogP contribution in [0.2, 0.25) is 0 Å². The van der Waals surface area contributed by atoms with Crippen molar-refractivity contribution >= 4 is 25.7 Å². The zero-order chi connectivity index (χ0) is 24.2. The molecule has 0 aliphatic carbocycles. The zero-order valence-corrected chi connectivity index (χ0v) is 26.2. The molecule has 13 heteroatoms. The molecule has 0 aromatic rings. The fourth-order valence-electron chi connectivity index (χ4n) is 2.86. The van der Waals surface area contributed by atoms with Gasteiger partial charge in [-0.25, -0.2) is 0 Å². The van der Waals surface area contributed by atoms with Crippen LogP contribution in [0.5, 0.6) is 0 Å². The molecule has 0 rings (SSSR count). The first kappa shape index (κ1) is 39.0. The average Bonchev–Trinajstić information content (AvgIpc) is 2.71. The van der Waals surface area contributed by atoms with Gasteiger partial charge in [0.2, 0.25) is 5.91 Å². The first-order valence-corrected chi connectivity index (χ1v) is 12.9. The van der Waals surface area contributed by atoms with Crippen LogP contribution in [0.4, 0.5) is 0 Å². The maximum absolute atomic E-state index is 11.9. The van der Waals surface area contributed by atoms with E-state index >= 15 is 0 Å². The minimum absolute atomic E-state index is 0. The standard InChI is InChI=1S/C21H40NO9P.2Na/c1-3-4-5-7-11-14-21(25)31-19(17-30-32(26,27)28)16-29-20(24)13-10-8-6-9-12-15-22-18(2)23;;/h19H,3-17H2,1-2H3,(H,22,23)(H2,26,27,28);;/q;2*+1/p-2/t19-;;/m0../s1. The molecule has 1 atom stereocenters. The van der Waals surface area contributed by atoms with Gasteiger partial charge in [-0.2, -0.15) is 0 Å². The van der Waals surface area contributed by atoms with Gasteiger partial charge in [-0.3, -0.25) is 14.4 Å². The SMILES string of the molecule is CCCCCCCC(=O)O[C@@H](COC(=O)CCCCCCCNC(C)=O)COP(=O)([O-])[O-].[Na+].[Na+]. The number of unbranched alkanes of at least 4 members (excludes halogenated alkanes) is 8. The molecule has 0 bridgehead atoms. The normalized spacial score (nSPS) is 11.5. The van der Waals surface area contributed by atoms with Crippen molar-refractivity contribution in [2.24, 2.45) is 0 Å². The van der Waals surface area contributed by atoms with E-state index in [-0.39, 0.29) is 84.5 Å². The molecule has 34 heavy (non-hydrogen) atoms. The molecule has 0 aromatic carbocycles. The number of hydrogen-bond acceptors (Lipinski definition) is 9. The number of amides is 1. The number of carbonyl (C=O) groups excluding carboxylic acids is 3. The third-order valence-corrected chi connectivity index (χ3v) is 5.03. The van der Waals surface area contributed by atoms with Crippen LogP contribution in [0.25, 0.3) is 0 Å². The number of hydrogen-bond donors (Lipinski definition) is 1. The number of carbonyl (C=O) groups is 3. The molecule has 1 amide bonds. The monoisotopic (exact) mass is 525 g/mol. The molecular weight excluding hydrogens is 487 g/mol. The Morgan fingerprint density at radius 2 is 1.35 bits per heavy atom. The maximum atomic E-state index is 11.9. The zero-order valence-electron chi connectivity index (χ0n) is 21.3. The van der Waals surface area contributed by atoms with Gasteiger partial charge in [-0.15, -0.1) is 0 Å². The second kappa shape index (κ2) is 25.2. The molecule has 188 valence electrons. The van der Waals surface area contributed by atoms with Gasteiger partial charge in [0, 0.05) is 26.3 Å². The third kappa shape index (κ3) is 28.8. The number of ether oxygens (including phenoxy) is 2. The van der Waals surface area contributed by atoms with Crippen LogP contribution in [0.3, 0.4) is 0 Å². The summed E-state index contributed by atoms with van der Waals surface area (Å²) in [5.41, 5.74) is 0. The second-order valence-electron chi connectivity index (χ2n) is 7.70. The van der Waals surface area contributed by atoms with Gasteiger partial charge in [-0.05, 0) is 19.3 Å². The Kier molecular flexibility index (Phi) is 28.9. The van der Waals surface area contributed by atoms with Crippen molar-refractivity contribution in [1.82, 2.24) is 5.32 Å². The molecule has 0 aliphatic heterocycles. The summed E-state index contributed by atoms with van der Waals surface area (Å²) in [7, 11) is -5.24. The Hall–Kier alpha value is 0.520. The quantitative estimate of drug-likeness (QED) is 0.0728. The Balaban J connectivity index is -0.00000480. The van der Waals surface area contributed by atoms with Gasteiger partial charge in [0.1, 0.15) is 6.61 Å². The first-order chi connectivity index (χ1) is 15.1. The number of phosphoric ester groups is 1. The van der Waals surface area contributed by atoms with Gasteiger partial charge < -0.3 is 33.7 Å². The van der Waals surface area contributed by atoms with Crippen LogP contribution in [0, 0.1) is 0 Å². The van der Waals surface area contributed by atoms with Crippen LogP contribution in [-0.4, -0.2) is 43.7 Å². The van der Waals surface area contributed by atoms with E-state index in [2.05, 4.69) is 16.8 Å². The van der Waals surface area contributed by atoms with E-state index < -0.39 is 32.5 Å². The molecule has 0 aliphatic rings. The van der Waals surface area contributed by atoms with Crippen molar-refractivity contribution in [2.45, 2.75) is 97.0 Å². The van der Waals surface area contributed by atoms with E-state index in [0.29, 0.717) is 19.4 Å². The summed E-state index contributed by atoms with van der Waals surface area (Å²) >= 11 is 0. The Labute approximate surface area is 247 Å². The molecule has 0 saturated carbocycles. The molecule has 0 aromatic heterocycles. The van der Waals surface area contributed by atoms with Crippen molar-refractivity contribution in [3.8, 4) is 0 Å². The van der Waals surface area contributed by atoms with E-state index in [1.54, 1.807) is 0 Å². The van der Waals surface area contributed by atoms with Gasteiger partial charge in [-0.1, -0.05) is 51.9 Å². The number of phosphoric acid groups is 1. The van der Waals surface area contributed by atoms with Crippen molar-refractivity contribution in [1.29, 1.82) is 0 Å². The topological polar surface area (TPSA) is 154 Å². The van der Waals surface area contributed by atoms with E-state index in [4.69, 9.17) is 9.47 Å². The Morgan fingerprint density at radius 1 is 0.824 bits per heavy atom. The van der Waals surface area contributed by atoms with Crippen LogP contribution in [-0.2, 0) is 32.9 Å². The van der Waals surface area contributed by atoms with Crippen LogP contribution in [0.15, 0.2) is 0 Å². The minimum atomic E-state index is -5.24. The van der Waals surface area contributed by atoms with Gasteiger partial charge in [0.25, 0.3) is 0 Å². The number of rotatable bonds is 20.